The molecule has 1 N–H and O–H groups in total. The van der Waals surface area contributed by atoms with Crippen molar-refractivity contribution in [2.24, 2.45) is 5.11 Å². The van der Waals surface area contributed by atoms with Crippen molar-refractivity contribution in [1.29, 1.82) is 0 Å². The highest BCUT2D eigenvalue weighted by molar-refractivity contribution is 5.89. The van der Waals surface area contributed by atoms with Crippen LogP contribution >= 0.6 is 0 Å². The molecule has 0 saturated carbocycles. The van der Waals surface area contributed by atoms with Crippen molar-refractivity contribution < 1.29 is 4.79 Å². The van der Waals surface area contributed by atoms with E-state index in [0.29, 0.717) is 13.1 Å². The second-order valence-electron chi connectivity index (χ2n) is 4.70. The minimum Gasteiger partial charge on any atom is -0.321 e. The van der Waals surface area contributed by atoms with E-state index < -0.39 is 0 Å². The Balaban J connectivity index is 2.00. The molecule has 0 spiro atoms. The Morgan fingerprint density at radius 3 is 3.21 bits per heavy atom. The fourth-order valence-electron chi connectivity index (χ4n) is 2.34. The number of azide groups is 1. The number of benzene rings is 1. The Labute approximate surface area is 112 Å². The first-order valence-electron chi connectivity index (χ1n) is 6.36. The van der Waals surface area contributed by atoms with E-state index in [-0.39, 0.29) is 12.1 Å². The molecule has 1 heterocycles. The van der Waals surface area contributed by atoms with Gasteiger partial charge in [-0.05, 0) is 43.0 Å². The summed E-state index contributed by atoms with van der Waals surface area (Å²) in [6.45, 7) is 3.04. The lowest BCUT2D eigenvalue weighted by atomic mass is 10.2. The number of likely N-dealkylation sites (tertiary alicyclic amines) is 1. The fourth-order valence-corrected chi connectivity index (χ4v) is 2.34. The third-order valence-corrected chi connectivity index (χ3v) is 3.26. The van der Waals surface area contributed by atoms with E-state index in [2.05, 4.69) is 15.3 Å². The maximum Gasteiger partial charge on any atom is 0.322 e. The summed E-state index contributed by atoms with van der Waals surface area (Å²) in [6, 6.07) is 7.57. The molecule has 6 heteroatoms. The second-order valence-corrected chi connectivity index (χ2v) is 4.70. The number of urea groups is 1. The molecule has 1 saturated heterocycles. The fraction of sp³-hybridized carbons (Fsp3) is 0.462. The van der Waals surface area contributed by atoms with Gasteiger partial charge in [0.1, 0.15) is 0 Å². The molecule has 6 nitrogen and oxygen atoms in total. The van der Waals surface area contributed by atoms with Gasteiger partial charge in [0, 0.05) is 29.7 Å². The molecule has 2 amide bonds. The summed E-state index contributed by atoms with van der Waals surface area (Å²) in [5.74, 6) is 0. The van der Waals surface area contributed by atoms with Gasteiger partial charge < -0.3 is 10.2 Å². The average Bonchev–Trinajstić information content (AvgIpc) is 2.84. The predicted molar refractivity (Wildman–Crippen MR) is 73.9 cm³/mol. The molecule has 0 bridgehead atoms. The molecule has 0 aliphatic carbocycles. The summed E-state index contributed by atoms with van der Waals surface area (Å²) in [6.07, 6.45) is 1.84. The molecule has 1 aliphatic rings. The molecule has 1 unspecified atom stereocenters. The Morgan fingerprint density at radius 2 is 2.47 bits per heavy atom. The maximum absolute atomic E-state index is 12.2. The molecule has 19 heavy (non-hydrogen) atoms. The van der Waals surface area contributed by atoms with Crippen molar-refractivity contribution in [3.05, 3.63) is 40.3 Å². The predicted octanol–water partition coefficient (Wildman–Crippen LogP) is 3.30. The van der Waals surface area contributed by atoms with Crippen molar-refractivity contribution in [3.63, 3.8) is 0 Å². The molecule has 1 aromatic rings. The highest BCUT2D eigenvalue weighted by Crippen LogP contribution is 2.19. The minimum absolute atomic E-state index is 0.0145. The first-order chi connectivity index (χ1) is 9.20. The highest BCUT2D eigenvalue weighted by Gasteiger charge is 2.28. The van der Waals surface area contributed by atoms with Crippen LogP contribution in [0.15, 0.2) is 29.4 Å². The Kier molecular flexibility index (Phi) is 4.26. The zero-order chi connectivity index (χ0) is 13.7. The molecule has 1 aromatic carbocycles. The second kappa shape index (κ2) is 6.11. The number of carbonyl (C=O) groups excluding carboxylic acids is 1. The molecule has 0 aromatic heterocycles. The summed E-state index contributed by atoms with van der Waals surface area (Å²) in [4.78, 5) is 16.7. The largest absolute Gasteiger partial charge is 0.322 e. The molecule has 100 valence electrons. The summed E-state index contributed by atoms with van der Waals surface area (Å²) in [5, 5.41) is 6.45. The molecule has 1 aliphatic heterocycles. The summed E-state index contributed by atoms with van der Waals surface area (Å²) in [7, 11) is 0. The smallest absolute Gasteiger partial charge is 0.321 e. The van der Waals surface area contributed by atoms with E-state index in [1.807, 2.05) is 31.2 Å². The lowest BCUT2D eigenvalue weighted by Gasteiger charge is -2.23. The standard InChI is InChI=1S/C13H17N5O/c1-10-4-2-5-11(8-10)16-13(19)18-7-3-6-12(18)9-15-17-14/h2,4-5,8,12H,3,6-7,9H2,1H3,(H,16,19). The number of aryl methyl sites for hydroxylation is 1. The molecule has 1 atom stereocenters. The van der Waals surface area contributed by atoms with Crippen LogP contribution < -0.4 is 5.32 Å². The van der Waals surface area contributed by atoms with Gasteiger partial charge in [-0.25, -0.2) is 4.79 Å². The molecule has 2 rings (SSSR count). The van der Waals surface area contributed by atoms with Gasteiger partial charge in [0.05, 0.1) is 0 Å². The Bertz CT molecular complexity index is 510. The van der Waals surface area contributed by atoms with Gasteiger partial charge in [-0.3, -0.25) is 0 Å². The van der Waals surface area contributed by atoms with Crippen LogP contribution in [-0.2, 0) is 0 Å². The van der Waals surface area contributed by atoms with Crippen molar-refractivity contribution in [3.8, 4) is 0 Å². The third-order valence-electron chi connectivity index (χ3n) is 3.26. The average molecular weight is 259 g/mol. The summed E-state index contributed by atoms with van der Waals surface area (Å²) in [5.41, 5.74) is 10.2. The zero-order valence-electron chi connectivity index (χ0n) is 10.9. The van der Waals surface area contributed by atoms with E-state index in [1.54, 1.807) is 4.90 Å². The topological polar surface area (TPSA) is 81.1 Å². The van der Waals surface area contributed by atoms with Gasteiger partial charge in [-0.1, -0.05) is 17.2 Å². The number of nitrogens with one attached hydrogen (secondary N) is 1. The van der Waals surface area contributed by atoms with Gasteiger partial charge in [0.15, 0.2) is 0 Å². The van der Waals surface area contributed by atoms with E-state index >= 15 is 0 Å². The maximum atomic E-state index is 12.2. The molecular weight excluding hydrogens is 242 g/mol. The number of hydrogen-bond acceptors (Lipinski definition) is 2. The molecule has 1 fully saturated rings. The number of anilines is 1. The number of amides is 2. The monoisotopic (exact) mass is 259 g/mol. The minimum atomic E-state index is -0.124. The van der Waals surface area contributed by atoms with Gasteiger partial charge >= 0.3 is 6.03 Å². The van der Waals surface area contributed by atoms with Gasteiger partial charge in [0.2, 0.25) is 0 Å². The number of hydrogen-bond donors (Lipinski definition) is 1. The quantitative estimate of drug-likeness (QED) is 0.504. The lowest BCUT2D eigenvalue weighted by Crippen LogP contribution is -2.40. The van der Waals surface area contributed by atoms with Crippen molar-refractivity contribution >= 4 is 11.7 Å². The summed E-state index contributed by atoms with van der Waals surface area (Å²) >= 11 is 0. The van der Waals surface area contributed by atoms with Crippen LogP contribution in [0.1, 0.15) is 18.4 Å². The van der Waals surface area contributed by atoms with Crippen LogP contribution in [0.2, 0.25) is 0 Å². The van der Waals surface area contributed by atoms with Gasteiger partial charge in [-0.2, -0.15) is 0 Å². The van der Waals surface area contributed by atoms with E-state index in [4.69, 9.17) is 5.53 Å². The number of carbonyl (C=O) groups is 1. The molecular formula is C13H17N5O. The van der Waals surface area contributed by atoms with Crippen LogP contribution in [0.4, 0.5) is 10.5 Å². The van der Waals surface area contributed by atoms with Crippen LogP contribution in [0.3, 0.4) is 0 Å². The Hall–Kier alpha value is -2.20. The lowest BCUT2D eigenvalue weighted by molar-refractivity contribution is 0.208. The van der Waals surface area contributed by atoms with Crippen molar-refractivity contribution in [2.45, 2.75) is 25.8 Å². The SMILES string of the molecule is Cc1cccc(NC(=O)N2CCCC2CN=[N+]=[N-])c1. The van der Waals surface area contributed by atoms with E-state index in [9.17, 15) is 4.79 Å². The van der Waals surface area contributed by atoms with Crippen LogP contribution in [0, 0.1) is 6.92 Å². The first kappa shape index (κ1) is 13.2. The van der Waals surface area contributed by atoms with Crippen molar-refractivity contribution in [1.82, 2.24) is 4.90 Å². The van der Waals surface area contributed by atoms with Crippen LogP contribution in [0.5, 0.6) is 0 Å². The van der Waals surface area contributed by atoms with Crippen LogP contribution in [0.25, 0.3) is 10.4 Å². The highest BCUT2D eigenvalue weighted by atomic mass is 16.2. The van der Waals surface area contributed by atoms with Gasteiger partial charge in [0.25, 0.3) is 0 Å². The zero-order valence-corrected chi connectivity index (χ0v) is 10.9. The normalized spacial score (nSPS) is 17.9. The molecule has 0 radical (unpaired) electrons. The number of rotatable bonds is 3. The third kappa shape index (κ3) is 3.39. The number of nitrogens with zero attached hydrogens (tertiary/aromatic N) is 4. The van der Waals surface area contributed by atoms with E-state index in [0.717, 1.165) is 24.1 Å². The van der Waals surface area contributed by atoms with Crippen molar-refractivity contribution in [2.75, 3.05) is 18.4 Å². The Morgan fingerprint density at radius 1 is 1.63 bits per heavy atom. The van der Waals surface area contributed by atoms with E-state index in [1.165, 1.54) is 0 Å². The van der Waals surface area contributed by atoms with Gasteiger partial charge in [-0.15, -0.1) is 0 Å². The first-order valence-corrected chi connectivity index (χ1v) is 6.36. The summed E-state index contributed by atoms with van der Waals surface area (Å²) < 4.78 is 0. The van der Waals surface area contributed by atoms with Crippen LogP contribution in [-0.4, -0.2) is 30.1 Å².